The van der Waals surface area contributed by atoms with Crippen molar-refractivity contribution in [3.05, 3.63) is 53.1 Å². The van der Waals surface area contributed by atoms with Gasteiger partial charge in [0, 0.05) is 0 Å². The summed E-state index contributed by atoms with van der Waals surface area (Å²) in [6, 6.07) is 6.00. The van der Waals surface area contributed by atoms with Crippen LogP contribution in [0.3, 0.4) is 0 Å². The van der Waals surface area contributed by atoms with Crippen molar-refractivity contribution >= 4 is 5.57 Å². The van der Waals surface area contributed by atoms with Gasteiger partial charge in [0.15, 0.2) is 11.5 Å². The maximum atomic E-state index is 5.37. The van der Waals surface area contributed by atoms with E-state index < -0.39 is 0 Å². The van der Waals surface area contributed by atoms with E-state index in [1.807, 2.05) is 12.1 Å². The van der Waals surface area contributed by atoms with E-state index in [2.05, 4.69) is 52.0 Å². The number of allylic oxidation sites excluding steroid dienone is 6. The minimum absolute atomic E-state index is 0.748. The van der Waals surface area contributed by atoms with Crippen molar-refractivity contribution in [3.8, 4) is 11.5 Å². The molecule has 0 aliphatic heterocycles. The largest absolute Gasteiger partial charge is 0.493 e. The first-order chi connectivity index (χ1) is 9.49. The number of methoxy groups -OCH3 is 2. The normalized spacial score (nSPS) is 10.3. The Morgan fingerprint density at radius 2 is 1.60 bits per heavy atom. The summed E-state index contributed by atoms with van der Waals surface area (Å²) < 4.78 is 10.6. The summed E-state index contributed by atoms with van der Waals surface area (Å²) in [5.74, 6) is 1.50. The maximum Gasteiger partial charge on any atom is 0.161 e. The molecule has 0 unspecified atom stereocenters. The third kappa shape index (κ3) is 4.30. The molecular weight excluding hydrogens is 248 g/mol. The van der Waals surface area contributed by atoms with Crippen molar-refractivity contribution in [1.82, 2.24) is 0 Å². The fraction of sp³-hybridized carbons (Fsp3) is 0.333. The standard InChI is InChI=1S/C18H24O2/c1-13(2)8-7-9-16(14(3)4)15-10-11-17(19-5)18(12-15)20-6/h7-12H,1-6H3/b9-7-. The molecule has 1 aromatic carbocycles. The van der Waals surface area contributed by atoms with Crippen LogP contribution < -0.4 is 9.47 Å². The van der Waals surface area contributed by atoms with Crippen molar-refractivity contribution in [1.29, 1.82) is 0 Å². The molecule has 0 atom stereocenters. The zero-order valence-corrected chi connectivity index (χ0v) is 13.3. The lowest BCUT2D eigenvalue weighted by atomic mass is 10.00. The van der Waals surface area contributed by atoms with E-state index in [0.29, 0.717) is 0 Å². The molecule has 0 N–H and O–H groups in total. The molecule has 0 saturated carbocycles. The highest BCUT2D eigenvalue weighted by molar-refractivity contribution is 5.77. The summed E-state index contributed by atoms with van der Waals surface area (Å²) >= 11 is 0. The molecule has 0 aliphatic rings. The molecule has 0 aromatic heterocycles. The number of rotatable bonds is 5. The van der Waals surface area contributed by atoms with E-state index in [1.54, 1.807) is 14.2 Å². The first kappa shape index (κ1) is 16.1. The second-order valence-corrected chi connectivity index (χ2v) is 5.09. The quantitative estimate of drug-likeness (QED) is 0.701. The van der Waals surface area contributed by atoms with Crippen molar-refractivity contribution in [2.45, 2.75) is 27.7 Å². The van der Waals surface area contributed by atoms with Crippen LogP contribution in [0.4, 0.5) is 0 Å². The zero-order chi connectivity index (χ0) is 15.1. The topological polar surface area (TPSA) is 18.5 Å². The number of ether oxygens (including phenoxy) is 2. The molecule has 0 bridgehead atoms. The summed E-state index contributed by atoms with van der Waals surface area (Å²) in [5.41, 5.74) is 4.86. The van der Waals surface area contributed by atoms with E-state index in [0.717, 1.165) is 17.1 Å². The molecule has 0 heterocycles. The van der Waals surface area contributed by atoms with Gasteiger partial charge in [-0.05, 0) is 51.0 Å². The Balaban J connectivity index is 3.21. The smallest absolute Gasteiger partial charge is 0.161 e. The summed E-state index contributed by atoms with van der Waals surface area (Å²) in [6.07, 6.45) is 6.31. The molecule has 1 aromatic rings. The Bertz CT molecular complexity index is 541. The van der Waals surface area contributed by atoms with Crippen molar-refractivity contribution < 1.29 is 9.47 Å². The zero-order valence-electron chi connectivity index (χ0n) is 13.3. The SMILES string of the molecule is COc1ccc(C(/C=C\C=C(C)C)=C(C)C)cc1OC. The van der Waals surface area contributed by atoms with Gasteiger partial charge in [-0.3, -0.25) is 0 Å². The van der Waals surface area contributed by atoms with Gasteiger partial charge in [0.05, 0.1) is 14.2 Å². The van der Waals surface area contributed by atoms with Crippen LogP contribution >= 0.6 is 0 Å². The van der Waals surface area contributed by atoms with E-state index in [9.17, 15) is 0 Å². The Hall–Kier alpha value is -1.96. The second kappa shape index (κ2) is 7.59. The average Bonchev–Trinajstić information content (AvgIpc) is 2.42. The van der Waals surface area contributed by atoms with Crippen LogP contribution in [-0.4, -0.2) is 14.2 Å². The molecule has 2 nitrogen and oxygen atoms in total. The van der Waals surface area contributed by atoms with Gasteiger partial charge in [-0.25, -0.2) is 0 Å². The summed E-state index contributed by atoms with van der Waals surface area (Å²) in [7, 11) is 3.30. The van der Waals surface area contributed by atoms with Crippen LogP contribution in [-0.2, 0) is 0 Å². The van der Waals surface area contributed by atoms with Gasteiger partial charge in [0.2, 0.25) is 0 Å². The molecule has 0 radical (unpaired) electrons. The lowest BCUT2D eigenvalue weighted by Crippen LogP contribution is -1.92. The van der Waals surface area contributed by atoms with E-state index >= 15 is 0 Å². The predicted molar refractivity (Wildman–Crippen MR) is 86.4 cm³/mol. The number of hydrogen-bond donors (Lipinski definition) is 0. The average molecular weight is 272 g/mol. The van der Waals surface area contributed by atoms with Crippen LogP contribution in [0.15, 0.2) is 47.6 Å². The maximum absolute atomic E-state index is 5.37. The highest BCUT2D eigenvalue weighted by atomic mass is 16.5. The first-order valence-electron chi connectivity index (χ1n) is 6.71. The lowest BCUT2D eigenvalue weighted by molar-refractivity contribution is 0.355. The molecule has 20 heavy (non-hydrogen) atoms. The van der Waals surface area contributed by atoms with Gasteiger partial charge in [-0.1, -0.05) is 35.4 Å². The van der Waals surface area contributed by atoms with Gasteiger partial charge in [0.25, 0.3) is 0 Å². The van der Waals surface area contributed by atoms with E-state index in [4.69, 9.17) is 9.47 Å². The molecule has 1 rings (SSSR count). The number of hydrogen-bond acceptors (Lipinski definition) is 2. The van der Waals surface area contributed by atoms with E-state index in [1.165, 1.54) is 16.7 Å². The third-order valence-electron chi connectivity index (χ3n) is 2.93. The molecule has 2 heteroatoms. The van der Waals surface area contributed by atoms with Crippen LogP contribution in [0.1, 0.15) is 33.3 Å². The first-order valence-corrected chi connectivity index (χ1v) is 6.71. The monoisotopic (exact) mass is 272 g/mol. The summed E-state index contributed by atoms with van der Waals surface area (Å²) in [4.78, 5) is 0. The van der Waals surface area contributed by atoms with Gasteiger partial charge >= 0.3 is 0 Å². The second-order valence-electron chi connectivity index (χ2n) is 5.09. The Morgan fingerprint density at radius 3 is 2.10 bits per heavy atom. The molecule has 0 fully saturated rings. The number of benzene rings is 1. The summed E-state index contributed by atoms with van der Waals surface area (Å²) in [5, 5.41) is 0. The lowest BCUT2D eigenvalue weighted by Gasteiger charge is -2.11. The predicted octanol–water partition coefficient (Wildman–Crippen LogP) is 5.02. The molecule has 0 amide bonds. The third-order valence-corrected chi connectivity index (χ3v) is 2.93. The van der Waals surface area contributed by atoms with Crippen LogP contribution in [0.5, 0.6) is 11.5 Å². The van der Waals surface area contributed by atoms with Crippen LogP contribution in [0.2, 0.25) is 0 Å². The van der Waals surface area contributed by atoms with Gasteiger partial charge in [-0.2, -0.15) is 0 Å². The highest BCUT2D eigenvalue weighted by Crippen LogP contribution is 2.31. The minimum Gasteiger partial charge on any atom is -0.493 e. The molecular formula is C18H24O2. The Morgan fingerprint density at radius 1 is 0.950 bits per heavy atom. The van der Waals surface area contributed by atoms with E-state index in [-0.39, 0.29) is 0 Å². The Kier molecular flexibility index (Phi) is 6.10. The van der Waals surface area contributed by atoms with Crippen LogP contribution in [0, 0.1) is 0 Å². The minimum atomic E-state index is 0.748. The fourth-order valence-corrected chi connectivity index (χ4v) is 1.89. The summed E-state index contributed by atoms with van der Waals surface area (Å²) in [6.45, 7) is 8.39. The van der Waals surface area contributed by atoms with Crippen LogP contribution in [0.25, 0.3) is 5.57 Å². The van der Waals surface area contributed by atoms with Crippen molar-refractivity contribution in [3.63, 3.8) is 0 Å². The van der Waals surface area contributed by atoms with Crippen molar-refractivity contribution in [2.24, 2.45) is 0 Å². The van der Waals surface area contributed by atoms with Gasteiger partial charge in [-0.15, -0.1) is 0 Å². The highest BCUT2D eigenvalue weighted by Gasteiger charge is 2.07. The van der Waals surface area contributed by atoms with Gasteiger partial charge in [0.1, 0.15) is 0 Å². The Labute approximate surface area is 122 Å². The van der Waals surface area contributed by atoms with Crippen molar-refractivity contribution in [2.75, 3.05) is 14.2 Å². The molecule has 0 aliphatic carbocycles. The molecule has 0 spiro atoms. The molecule has 0 saturated heterocycles. The molecule has 108 valence electrons. The fourth-order valence-electron chi connectivity index (χ4n) is 1.89. The van der Waals surface area contributed by atoms with Gasteiger partial charge < -0.3 is 9.47 Å².